The zero-order valence-electron chi connectivity index (χ0n) is 11.8. The molecule has 1 N–H and O–H groups in total. The Morgan fingerprint density at radius 2 is 2.00 bits per heavy atom. The number of halogens is 2. The summed E-state index contributed by atoms with van der Waals surface area (Å²) >= 11 is 12.0. The van der Waals surface area contributed by atoms with Crippen LogP contribution in [-0.4, -0.2) is 38.0 Å². The maximum Gasteiger partial charge on any atom is 0.287 e. The monoisotopic (exact) mass is 326 g/mol. The Morgan fingerprint density at radius 1 is 1.24 bits per heavy atom. The van der Waals surface area contributed by atoms with E-state index in [0.717, 1.165) is 6.54 Å². The number of amides is 1. The number of benzene rings is 1. The fourth-order valence-corrected chi connectivity index (χ4v) is 2.28. The molecule has 0 fully saturated rings. The normalized spacial score (nSPS) is 10.9. The van der Waals surface area contributed by atoms with Gasteiger partial charge in [0.2, 0.25) is 0 Å². The van der Waals surface area contributed by atoms with Crippen LogP contribution in [0.3, 0.4) is 0 Å². The molecule has 0 unspecified atom stereocenters. The average Bonchev–Trinajstić information content (AvgIpc) is 2.87. The van der Waals surface area contributed by atoms with Crippen molar-refractivity contribution in [1.29, 1.82) is 0 Å². The van der Waals surface area contributed by atoms with Crippen molar-refractivity contribution in [3.05, 3.63) is 46.1 Å². The Morgan fingerprint density at radius 3 is 2.67 bits per heavy atom. The van der Waals surface area contributed by atoms with Gasteiger partial charge in [0, 0.05) is 23.7 Å². The van der Waals surface area contributed by atoms with Crippen LogP contribution in [0.15, 0.2) is 34.7 Å². The van der Waals surface area contributed by atoms with Crippen LogP contribution in [0.1, 0.15) is 10.6 Å². The van der Waals surface area contributed by atoms with Crippen molar-refractivity contribution < 1.29 is 9.21 Å². The van der Waals surface area contributed by atoms with Gasteiger partial charge < -0.3 is 14.6 Å². The molecule has 1 heterocycles. The Kier molecular flexibility index (Phi) is 5.28. The van der Waals surface area contributed by atoms with Crippen LogP contribution in [-0.2, 0) is 0 Å². The molecule has 0 aliphatic heterocycles. The van der Waals surface area contributed by atoms with Crippen molar-refractivity contribution in [2.24, 2.45) is 0 Å². The standard InChI is InChI=1S/C15H16Cl2N2O2/c1-19(2)8-7-18-15(20)14-6-5-13(21-14)11-4-3-10(16)9-12(11)17/h3-6,9H,7-8H2,1-2H3,(H,18,20). The van der Waals surface area contributed by atoms with Crippen LogP contribution >= 0.6 is 23.2 Å². The first kappa shape index (κ1) is 15.9. The molecule has 0 saturated heterocycles. The topological polar surface area (TPSA) is 45.5 Å². The molecule has 4 nitrogen and oxygen atoms in total. The molecule has 0 saturated carbocycles. The van der Waals surface area contributed by atoms with Crippen molar-refractivity contribution >= 4 is 29.1 Å². The lowest BCUT2D eigenvalue weighted by molar-refractivity contribution is 0.0924. The van der Waals surface area contributed by atoms with E-state index in [1.165, 1.54) is 0 Å². The lowest BCUT2D eigenvalue weighted by Crippen LogP contribution is -2.31. The van der Waals surface area contributed by atoms with Gasteiger partial charge in [-0.05, 0) is 44.4 Å². The maximum absolute atomic E-state index is 11.9. The van der Waals surface area contributed by atoms with E-state index in [-0.39, 0.29) is 11.7 Å². The van der Waals surface area contributed by atoms with Gasteiger partial charge in [0.25, 0.3) is 5.91 Å². The zero-order chi connectivity index (χ0) is 15.4. The van der Waals surface area contributed by atoms with Gasteiger partial charge in [0.15, 0.2) is 5.76 Å². The van der Waals surface area contributed by atoms with Crippen molar-refractivity contribution in [2.45, 2.75) is 0 Å². The molecule has 0 bridgehead atoms. The molecule has 1 aromatic carbocycles. The minimum atomic E-state index is -0.242. The number of carbonyl (C=O) groups excluding carboxylic acids is 1. The molecule has 112 valence electrons. The molecule has 6 heteroatoms. The second kappa shape index (κ2) is 6.98. The van der Waals surface area contributed by atoms with E-state index in [9.17, 15) is 4.79 Å². The van der Waals surface area contributed by atoms with Gasteiger partial charge in [-0.15, -0.1) is 0 Å². The van der Waals surface area contributed by atoms with Crippen molar-refractivity contribution in [1.82, 2.24) is 10.2 Å². The number of hydrogen-bond donors (Lipinski definition) is 1. The Bertz CT molecular complexity index is 638. The van der Waals surface area contributed by atoms with Crippen LogP contribution in [0.2, 0.25) is 10.0 Å². The minimum Gasteiger partial charge on any atom is -0.451 e. The number of carbonyl (C=O) groups is 1. The van der Waals surface area contributed by atoms with E-state index in [1.54, 1.807) is 30.3 Å². The number of rotatable bonds is 5. The van der Waals surface area contributed by atoms with Crippen molar-refractivity contribution in [3.8, 4) is 11.3 Å². The number of hydrogen-bond acceptors (Lipinski definition) is 3. The van der Waals surface area contributed by atoms with Gasteiger partial charge in [0.05, 0.1) is 5.02 Å². The summed E-state index contributed by atoms with van der Waals surface area (Å²) in [4.78, 5) is 13.9. The molecule has 1 amide bonds. The SMILES string of the molecule is CN(C)CCNC(=O)c1ccc(-c2ccc(Cl)cc2Cl)o1. The quantitative estimate of drug-likeness (QED) is 0.913. The predicted molar refractivity (Wildman–Crippen MR) is 85.1 cm³/mol. The molecule has 2 rings (SSSR count). The summed E-state index contributed by atoms with van der Waals surface area (Å²) in [5.74, 6) is 0.553. The summed E-state index contributed by atoms with van der Waals surface area (Å²) in [7, 11) is 3.89. The van der Waals surface area contributed by atoms with Crippen LogP contribution < -0.4 is 5.32 Å². The van der Waals surface area contributed by atoms with E-state index in [2.05, 4.69) is 5.32 Å². The van der Waals surface area contributed by atoms with Gasteiger partial charge in [-0.2, -0.15) is 0 Å². The fourth-order valence-electron chi connectivity index (χ4n) is 1.77. The molecule has 0 spiro atoms. The third kappa shape index (κ3) is 4.24. The first-order valence-corrected chi connectivity index (χ1v) is 7.21. The highest BCUT2D eigenvalue weighted by Crippen LogP contribution is 2.31. The van der Waals surface area contributed by atoms with Crippen LogP contribution in [0.25, 0.3) is 11.3 Å². The molecule has 0 aliphatic rings. The Labute approximate surface area is 133 Å². The van der Waals surface area contributed by atoms with E-state index >= 15 is 0 Å². The number of nitrogens with one attached hydrogen (secondary N) is 1. The van der Waals surface area contributed by atoms with E-state index in [4.69, 9.17) is 27.6 Å². The van der Waals surface area contributed by atoms with E-state index in [0.29, 0.717) is 27.9 Å². The highest BCUT2D eigenvalue weighted by molar-refractivity contribution is 6.36. The summed E-state index contributed by atoms with van der Waals surface area (Å²) in [6.45, 7) is 1.33. The molecule has 0 atom stereocenters. The summed E-state index contributed by atoms with van der Waals surface area (Å²) in [5, 5.41) is 3.83. The highest BCUT2D eigenvalue weighted by Gasteiger charge is 2.13. The van der Waals surface area contributed by atoms with E-state index in [1.807, 2.05) is 19.0 Å². The molecule has 0 radical (unpaired) electrons. The largest absolute Gasteiger partial charge is 0.451 e. The fraction of sp³-hybridized carbons (Fsp3) is 0.267. The third-order valence-corrected chi connectivity index (χ3v) is 3.42. The number of likely N-dealkylation sites (N-methyl/N-ethyl adjacent to an activating group) is 1. The van der Waals surface area contributed by atoms with Crippen molar-refractivity contribution in [2.75, 3.05) is 27.2 Å². The molecule has 0 aliphatic carbocycles. The molecular formula is C15H16Cl2N2O2. The van der Waals surface area contributed by atoms with Crippen LogP contribution in [0.5, 0.6) is 0 Å². The predicted octanol–water partition coefficient (Wildman–Crippen LogP) is 3.54. The average molecular weight is 327 g/mol. The van der Waals surface area contributed by atoms with Crippen molar-refractivity contribution in [3.63, 3.8) is 0 Å². The van der Waals surface area contributed by atoms with Gasteiger partial charge >= 0.3 is 0 Å². The summed E-state index contributed by atoms with van der Waals surface area (Å²) in [6, 6.07) is 8.47. The van der Waals surface area contributed by atoms with Gasteiger partial charge in [-0.3, -0.25) is 4.79 Å². The lowest BCUT2D eigenvalue weighted by atomic mass is 10.2. The maximum atomic E-state index is 11.9. The van der Waals surface area contributed by atoms with Gasteiger partial charge in [-0.1, -0.05) is 23.2 Å². The summed E-state index contributed by atoms with van der Waals surface area (Å²) in [6.07, 6.45) is 0. The molecule has 1 aromatic heterocycles. The third-order valence-electron chi connectivity index (χ3n) is 2.87. The molecular weight excluding hydrogens is 311 g/mol. The lowest BCUT2D eigenvalue weighted by Gasteiger charge is -2.09. The Hall–Kier alpha value is -1.49. The first-order chi connectivity index (χ1) is 9.97. The van der Waals surface area contributed by atoms with Gasteiger partial charge in [-0.25, -0.2) is 0 Å². The second-order valence-corrected chi connectivity index (χ2v) is 5.69. The summed E-state index contributed by atoms with van der Waals surface area (Å²) < 4.78 is 5.56. The highest BCUT2D eigenvalue weighted by atomic mass is 35.5. The first-order valence-electron chi connectivity index (χ1n) is 6.45. The van der Waals surface area contributed by atoms with Gasteiger partial charge in [0.1, 0.15) is 5.76 Å². The Balaban J connectivity index is 2.09. The summed E-state index contributed by atoms with van der Waals surface area (Å²) in [5.41, 5.74) is 0.702. The molecule has 2 aromatic rings. The van der Waals surface area contributed by atoms with Crippen LogP contribution in [0.4, 0.5) is 0 Å². The van der Waals surface area contributed by atoms with E-state index < -0.39 is 0 Å². The second-order valence-electron chi connectivity index (χ2n) is 4.85. The van der Waals surface area contributed by atoms with Crippen LogP contribution in [0, 0.1) is 0 Å². The number of nitrogens with zero attached hydrogens (tertiary/aromatic N) is 1. The number of furan rings is 1. The zero-order valence-corrected chi connectivity index (χ0v) is 13.3. The minimum absolute atomic E-state index is 0.242. The smallest absolute Gasteiger partial charge is 0.287 e. The molecule has 21 heavy (non-hydrogen) atoms.